The summed E-state index contributed by atoms with van der Waals surface area (Å²) in [6.07, 6.45) is 2.98. The molecule has 0 atom stereocenters. The fraction of sp³-hybridized carbons (Fsp3) is 0.333. The Bertz CT molecular complexity index is 707. The lowest BCUT2D eigenvalue weighted by Gasteiger charge is -2.31. The van der Waals surface area contributed by atoms with E-state index in [0.717, 1.165) is 9.33 Å². The van der Waals surface area contributed by atoms with Crippen molar-refractivity contribution in [3.63, 3.8) is 0 Å². The molecule has 1 fully saturated rings. The van der Waals surface area contributed by atoms with Gasteiger partial charge in [0, 0.05) is 28.1 Å². The number of nitrogens with zero attached hydrogens (tertiary/aromatic N) is 1. The van der Waals surface area contributed by atoms with Crippen LogP contribution in [0, 0.1) is 9.49 Å². The van der Waals surface area contributed by atoms with Gasteiger partial charge in [0.2, 0.25) is 5.91 Å². The van der Waals surface area contributed by atoms with Crippen LogP contribution in [-0.2, 0) is 11.3 Å². The number of halogens is 1. The van der Waals surface area contributed by atoms with Crippen LogP contribution in [0.2, 0.25) is 0 Å². The highest BCUT2D eigenvalue weighted by atomic mass is 127. The van der Waals surface area contributed by atoms with Crippen LogP contribution < -0.4 is 5.32 Å². The second-order valence-electron chi connectivity index (χ2n) is 5.87. The van der Waals surface area contributed by atoms with Crippen molar-refractivity contribution in [3.8, 4) is 0 Å². The van der Waals surface area contributed by atoms with Crippen LogP contribution in [0.15, 0.2) is 47.1 Å². The van der Waals surface area contributed by atoms with Crippen molar-refractivity contribution in [2.75, 3.05) is 13.1 Å². The Morgan fingerprint density at radius 2 is 2.00 bits per heavy atom. The molecule has 0 radical (unpaired) electrons. The number of piperidine rings is 1. The molecule has 126 valence electrons. The van der Waals surface area contributed by atoms with E-state index >= 15 is 0 Å². The Hall–Kier alpha value is -1.83. The number of hydrogen-bond donors (Lipinski definition) is 1. The molecule has 2 heterocycles. The first-order chi connectivity index (χ1) is 11.6. The standard InChI is InChI=1S/C18H19IN2O3/c19-15-4-1-3-14(11-15)18(23)21-8-6-13(7-9-21)17(22)20-12-16-5-2-10-24-16/h1-5,10-11,13H,6-9,12H2,(H,20,22). The quantitative estimate of drug-likeness (QED) is 0.747. The molecule has 0 unspecified atom stereocenters. The average Bonchev–Trinajstić information content (AvgIpc) is 3.13. The summed E-state index contributed by atoms with van der Waals surface area (Å²) < 4.78 is 6.26. The van der Waals surface area contributed by atoms with Gasteiger partial charge in [0.1, 0.15) is 5.76 Å². The van der Waals surface area contributed by atoms with Crippen LogP contribution in [0.1, 0.15) is 29.0 Å². The molecule has 1 aromatic carbocycles. The maximum absolute atomic E-state index is 12.5. The highest BCUT2D eigenvalue weighted by Gasteiger charge is 2.27. The molecule has 0 saturated carbocycles. The van der Waals surface area contributed by atoms with Crippen molar-refractivity contribution in [2.45, 2.75) is 19.4 Å². The molecule has 1 aliphatic rings. The molecule has 2 amide bonds. The lowest BCUT2D eigenvalue weighted by atomic mass is 9.95. The van der Waals surface area contributed by atoms with Crippen LogP contribution in [0.3, 0.4) is 0 Å². The molecule has 6 heteroatoms. The van der Waals surface area contributed by atoms with E-state index in [0.29, 0.717) is 38.0 Å². The largest absolute Gasteiger partial charge is 0.467 e. The average molecular weight is 438 g/mol. The van der Waals surface area contributed by atoms with Gasteiger partial charge in [-0.1, -0.05) is 6.07 Å². The molecule has 1 aromatic heterocycles. The first-order valence-corrected chi connectivity index (χ1v) is 9.06. The Balaban J connectivity index is 1.50. The molecule has 1 N–H and O–H groups in total. The van der Waals surface area contributed by atoms with Crippen LogP contribution in [0.5, 0.6) is 0 Å². The van der Waals surface area contributed by atoms with Gasteiger partial charge in [0.25, 0.3) is 5.91 Å². The molecule has 0 aliphatic carbocycles. The number of rotatable bonds is 4. The van der Waals surface area contributed by atoms with Gasteiger partial charge >= 0.3 is 0 Å². The van der Waals surface area contributed by atoms with E-state index in [1.54, 1.807) is 12.3 Å². The second kappa shape index (κ2) is 7.83. The monoisotopic (exact) mass is 438 g/mol. The molecular formula is C18H19IN2O3. The van der Waals surface area contributed by atoms with Crippen LogP contribution >= 0.6 is 22.6 Å². The third-order valence-corrected chi connectivity index (χ3v) is 4.91. The van der Waals surface area contributed by atoms with Gasteiger partial charge in [0.15, 0.2) is 0 Å². The summed E-state index contributed by atoms with van der Waals surface area (Å²) in [5, 5.41) is 2.90. The minimum Gasteiger partial charge on any atom is -0.467 e. The van der Waals surface area contributed by atoms with E-state index in [1.807, 2.05) is 35.2 Å². The summed E-state index contributed by atoms with van der Waals surface area (Å²) >= 11 is 2.20. The fourth-order valence-electron chi connectivity index (χ4n) is 2.88. The summed E-state index contributed by atoms with van der Waals surface area (Å²) in [5.41, 5.74) is 0.711. The summed E-state index contributed by atoms with van der Waals surface area (Å²) in [6.45, 7) is 1.64. The predicted octanol–water partition coefficient (Wildman–Crippen LogP) is 3.05. The van der Waals surface area contributed by atoms with Crippen LogP contribution in [0.25, 0.3) is 0 Å². The molecule has 1 aliphatic heterocycles. The van der Waals surface area contributed by atoms with E-state index in [4.69, 9.17) is 4.42 Å². The molecule has 24 heavy (non-hydrogen) atoms. The zero-order valence-corrected chi connectivity index (χ0v) is 15.4. The first kappa shape index (κ1) is 17.0. The zero-order valence-electron chi connectivity index (χ0n) is 13.2. The molecule has 0 bridgehead atoms. The third-order valence-electron chi connectivity index (χ3n) is 4.24. The van der Waals surface area contributed by atoms with Gasteiger partial charge in [-0.3, -0.25) is 9.59 Å². The van der Waals surface area contributed by atoms with Gasteiger partial charge in [-0.05, 0) is 65.8 Å². The number of carbonyl (C=O) groups excluding carboxylic acids is 2. The van der Waals surface area contributed by atoms with Crippen molar-refractivity contribution < 1.29 is 14.0 Å². The summed E-state index contributed by atoms with van der Waals surface area (Å²) in [7, 11) is 0. The Kier molecular flexibility index (Phi) is 5.55. The van der Waals surface area contributed by atoms with Gasteiger partial charge in [0.05, 0.1) is 12.8 Å². The van der Waals surface area contributed by atoms with Crippen LogP contribution in [0.4, 0.5) is 0 Å². The Morgan fingerprint density at radius 1 is 1.21 bits per heavy atom. The van der Waals surface area contributed by atoms with Crippen molar-refractivity contribution in [1.29, 1.82) is 0 Å². The van der Waals surface area contributed by atoms with Gasteiger partial charge in [-0.25, -0.2) is 0 Å². The van der Waals surface area contributed by atoms with E-state index in [2.05, 4.69) is 27.9 Å². The SMILES string of the molecule is O=C(NCc1ccco1)C1CCN(C(=O)c2cccc(I)c2)CC1. The minimum absolute atomic E-state index is 0.0350. The summed E-state index contributed by atoms with van der Waals surface area (Å²) in [5.74, 6) is 0.783. The van der Waals surface area contributed by atoms with Crippen molar-refractivity contribution in [2.24, 2.45) is 5.92 Å². The molecule has 5 nitrogen and oxygen atoms in total. The normalized spacial score (nSPS) is 15.3. The number of hydrogen-bond acceptors (Lipinski definition) is 3. The molecule has 0 spiro atoms. The van der Waals surface area contributed by atoms with E-state index < -0.39 is 0 Å². The molecular weight excluding hydrogens is 419 g/mol. The topological polar surface area (TPSA) is 62.6 Å². The lowest BCUT2D eigenvalue weighted by molar-refractivity contribution is -0.126. The maximum Gasteiger partial charge on any atom is 0.253 e. The fourth-order valence-corrected chi connectivity index (χ4v) is 3.42. The summed E-state index contributed by atoms with van der Waals surface area (Å²) in [4.78, 5) is 26.6. The van der Waals surface area contributed by atoms with E-state index in [1.165, 1.54) is 0 Å². The smallest absolute Gasteiger partial charge is 0.253 e. The number of benzene rings is 1. The van der Waals surface area contributed by atoms with Gasteiger partial charge < -0.3 is 14.6 Å². The molecule has 3 rings (SSSR count). The summed E-state index contributed by atoms with van der Waals surface area (Å²) in [6, 6.07) is 11.2. The van der Waals surface area contributed by atoms with E-state index in [9.17, 15) is 9.59 Å². The number of likely N-dealkylation sites (tertiary alicyclic amines) is 1. The van der Waals surface area contributed by atoms with Crippen molar-refractivity contribution in [3.05, 3.63) is 57.6 Å². The third kappa shape index (κ3) is 4.17. The molecule has 1 saturated heterocycles. The second-order valence-corrected chi connectivity index (χ2v) is 7.12. The minimum atomic E-state index is -0.0417. The first-order valence-electron chi connectivity index (χ1n) is 7.98. The maximum atomic E-state index is 12.5. The van der Waals surface area contributed by atoms with Gasteiger partial charge in [-0.15, -0.1) is 0 Å². The molecule has 2 aromatic rings. The highest BCUT2D eigenvalue weighted by Crippen LogP contribution is 2.20. The van der Waals surface area contributed by atoms with Gasteiger partial charge in [-0.2, -0.15) is 0 Å². The van der Waals surface area contributed by atoms with Crippen molar-refractivity contribution in [1.82, 2.24) is 10.2 Å². The Labute approximate surface area is 154 Å². The van der Waals surface area contributed by atoms with Crippen LogP contribution in [-0.4, -0.2) is 29.8 Å². The zero-order chi connectivity index (χ0) is 16.9. The predicted molar refractivity (Wildman–Crippen MR) is 98.3 cm³/mol. The van der Waals surface area contributed by atoms with Crippen molar-refractivity contribution >= 4 is 34.4 Å². The highest BCUT2D eigenvalue weighted by molar-refractivity contribution is 14.1. The Morgan fingerprint density at radius 3 is 2.67 bits per heavy atom. The van der Waals surface area contributed by atoms with E-state index in [-0.39, 0.29) is 17.7 Å². The number of carbonyl (C=O) groups is 2. The number of furan rings is 1. The number of amides is 2. The lowest BCUT2D eigenvalue weighted by Crippen LogP contribution is -2.42. The number of nitrogens with one attached hydrogen (secondary N) is 1.